The van der Waals surface area contributed by atoms with Crippen LogP contribution in [0.2, 0.25) is 0 Å². The number of carbonyl (C=O) groups is 1. The molecule has 1 saturated heterocycles. The van der Waals surface area contributed by atoms with E-state index >= 15 is 0 Å². The van der Waals surface area contributed by atoms with E-state index in [9.17, 15) is 18.0 Å². The number of nitrogens with zero attached hydrogens (tertiary/aromatic N) is 1. The molecule has 1 fully saturated rings. The van der Waals surface area contributed by atoms with Gasteiger partial charge in [-0.1, -0.05) is 12.1 Å². The minimum absolute atomic E-state index is 0.0111. The molecule has 1 N–H and O–H groups in total. The van der Waals surface area contributed by atoms with E-state index in [4.69, 9.17) is 4.74 Å². The van der Waals surface area contributed by atoms with Crippen molar-refractivity contribution in [1.82, 2.24) is 10.2 Å². The van der Waals surface area contributed by atoms with Crippen LogP contribution < -0.4 is 5.32 Å². The SMILES string of the molecule is CC(C)(C)OC(=O)N1CCN[C@@H](Cc2ccc(C(F)(F)F)cc2)C1. The molecule has 1 aliphatic heterocycles. The van der Waals surface area contributed by atoms with Crippen LogP contribution >= 0.6 is 0 Å². The van der Waals surface area contributed by atoms with Crippen molar-refractivity contribution in [3.63, 3.8) is 0 Å². The van der Waals surface area contributed by atoms with E-state index in [-0.39, 0.29) is 12.1 Å². The molecule has 0 aromatic heterocycles. The van der Waals surface area contributed by atoms with E-state index in [1.807, 2.05) is 20.8 Å². The molecule has 0 bridgehead atoms. The summed E-state index contributed by atoms with van der Waals surface area (Å²) in [4.78, 5) is 13.8. The van der Waals surface area contributed by atoms with E-state index in [1.54, 1.807) is 4.90 Å². The molecule has 0 radical (unpaired) electrons. The first-order valence-electron chi connectivity index (χ1n) is 7.92. The number of nitrogens with one attached hydrogen (secondary N) is 1. The van der Waals surface area contributed by atoms with Crippen molar-refractivity contribution in [3.8, 4) is 0 Å². The lowest BCUT2D eigenvalue weighted by Gasteiger charge is -2.35. The number of benzene rings is 1. The Hall–Kier alpha value is -1.76. The molecule has 24 heavy (non-hydrogen) atoms. The highest BCUT2D eigenvalue weighted by Crippen LogP contribution is 2.29. The first-order valence-corrected chi connectivity index (χ1v) is 7.92. The number of amides is 1. The number of alkyl halides is 3. The molecule has 1 heterocycles. The Labute approximate surface area is 140 Å². The third-order valence-electron chi connectivity index (χ3n) is 3.67. The number of rotatable bonds is 2. The minimum atomic E-state index is -4.32. The zero-order chi connectivity index (χ0) is 18.0. The highest BCUT2D eigenvalue weighted by molar-refractivity contribution is 5.68. The van der Waals surface area contributed by atoms with Gasteiger partial charge in [0, 0.05) is 25.7 Å². The summed E-state index contributed by atoms with van der Waals surface area (Å²) in [6, 6.07) is 5.13. The monoisotopic (exact) mass is 344 g/mol. The van der Waals surface area contributed by atoms with Crippen LogP contribution in [0.15, 0.2) is 24.3 Å². The standard InChI is InChI=1S/C17H23F3N2O2/c1-16(2,3)24-15(23)22-9-8-21-14(11-22)10-12-4-6-13(7-5-12)17(18,19)20/h4-7,14,21H,8-11H2,1-3H3/t14-/m0/s1. The summed E-state index contributed by atoms with van der Waals surface area (Å²) >= 11 is 0. The predicted molar refractivity (Wildman–Crippen MR) is 84.7 cm³/mol. The van der Waals surface area contributed by atoms with Gasteiger partial charge in [-0.05, 0) is 44.9 Å². The molecule has 1 aromatic rings. The van der Waals surface area contributed by atoms with Gasteiger partial charge >= 0.3 is 12.3 Å². The second-order valence-electron chi connectivity index (χ2n) is 6.98. The van der Waals surface area contributed by atoms with Gasteiger partial charge in [-0.3, -0.25) is 0 Å². The van der Waals surface area contributed by atoms with Crippen molar-refractivity contribution in [2.24, 2.45) is 0 Å². The van der Waals surface area contributed by atoms with Gasteiger partial charge in [0.05, 0.1) is 5.56 Å². The molecular formula is C17H23F3N2O2. The molecule has 7 heteroatoms. The van der Waals surface area contributed by atoms with E-state index in [1.165, 1.54) is 12.1 Å². The Morgan fingerprint density at radius 3 is 2.42 bits per heavy atom. The lowest BCUT2D eigenvalue weighted by Crippen LogP contribution is -2.54. The maximum Gasteiger partial charge on any atom is 0.416 e. The lowest BCUT2D eigenvalue weighted by atomic mass is 10.0. The summed E-state index contributed by atoms with van der Waals surface area (Å²) in [5, 5.41) is 3.29. The lowest BCUT2D eigenvalue weighted by molar-refractivity contribution is -0.137. The maximum absolute atomic E-state index is 12.6. The number of carbonyl (C=O) groups excluding carboxylic acids is 1. The number of halogens is 3. The molecule has 1 aromatic carbocycles. The topological polar surface area (TPSA) is 41.6 Å². The molecule has 4 nitrogen and oxygen atoms in total. The fraction of sp³-hybridized carbons (Fsp3) is 0.588. The highest BCUT2D eigenvalue weighted by atomic mass is 19.4. The van der Waals surface area contributed by atoms with Crippen LogP contribution in [0.4, 0.5) is 18.0 Å². The van der Waals surface area contributed by atoms with E-state index in [0.29, 0.717) is 26.1 Å². The summed E-state index contributed by atoms with van der Waals surface area (Å²) in [6.07, 6.45) is -4.13. The zero-order valence-corrected chi connectivity index (χ0v) is 14.1. The van der Waals surface area contributed by atoms with E-state index < -0.39 is 17.3 Å². The van der Waals surface area contributed by atoms with Crippen molar-refractivity contribution in [2.45, 2.75) is 45.0 Å². The van der Waals surface area contributed by atoms with Crippen LogP contribution in [0.25, 0.3) is 0 Å². The predicted octanol–water partition coefficient (Wildman–Crippen LogP) is 3.46. The second kappa shape index (κ2) is 7.01. The van der Waals surface area contributed by atoms with Gasteiger partial charge in [0.2, 0.25) is 0 Å². The normalized spacial score (nSPS) is 19.2. The number of hydrogen-bond donors (Lipinski definition) is 1. The Kier molecular flexibility index (Phi) is 5.42. The first kappa shape index (κ1) is 18.6. The molecule has 0 spiro atoms. The van der Waals surface area contributed by atoms with Gasteiger partial charge in [0.15, 0.2) is 0 Å². The van der Waals surface area contributed by atoms with Crippen LogP contribution in [0.3, 0.4) is 0 Å². The van der Waals surface area contributed by atoms with Gasteiger partial charge in [-0.15, -0.1) is 0 Å². The first-order chi connectivity index (χ1) is 11.0. The minimum Gasteiger partial charge on any atom is -0.444 e. The molecule has 0 saturated carbocycles. The van der Waals surface area contributed by atoms with Crippen LogP contribution in [0, 0.1) is 0 Å². The summed E-state index contributed by atoms with van der Waals surface area (Å²) in [6.45, 7) is 7.09. The largest absolute Gasteiger partial charge is 0.444 e. The van der Waals surface area contributed by atoms with Crippen LogP contribution in [0.1, 0.15) is 31.9 Å². The average molecular weight is 344 g/mol. The second-order valence-corrected chi connectivity index (χ2v) is 6.98. The van der Waals surface area contributed by atoms with Gasteiger partial charge in [-0.2, -0.15) is 13.2 Å². The molecular weight excluding hydrogens is 321 g/mol. The molecule has 1 aliphatic rings. The highest BCUT2D eigenvalue weighted by Gasteiger charge is 2.30. The Morgan fingerprint density at radius 1 is 1.25 bits per heavy atom. The van der Waals surface area contributed by atoms with Crippen molar-refractivity contribution < 1.29 is 22.7 Å². The summed E-state index contributed by atoms with van der Waals surface area (Å²) < 4.78 is 43.1. The van der Waals surface area contributed by atoms with Crippen molar-refractivity contribution in [2.75, 3.05) is 19.6 Å². The quantitative estimate of drug-likeness (QED) is 0.893. The van der Waals surface area contributed by atoms with Crippen LogP contribution in [-0.4, -0.2) is 42.3 Å². The van der Waals surface area contributed by atoms with Gasteiger partial charge in [0.1, 0.15) is 5.60 Å². The molecule has 0 unspecified atom stereocenters. The molecule has 2 rings (SSSR count). The number of hydrogen-bond acceptors (Lipinski definition) is 3. The van der Waals surface area contributed by atoms with Gasteiger partial charge < -0.3 is 15.0 Å². The Morgan fingerprint density at radius 2 is 1.88 bits per heavy atom. The van der Waals surface area contributed by atoms with Crippen molar-refractivity contribution in [3.05, 3.63) is 35.4 Å². The van der Waals surface area contributed by atoms with Gasteiger partial charge in [0.25, 0.3) is 0 Å². The van der Waals surface area contributed by atoms with E-state index in [2.05, 4.69) is 5.32 Å². The van der Waals surface area contributed by atoms with Crippen LogP contribution in [0.5, 0.6) is 0 Å². The van der Waals surface area contributed by atoms with Crippen LogP contribution in [-0.2, 0) is 17.3 Å². The number of ether oxygens (including phenoxy) is 1. The fourth-order valence-corrected chi connectivity index (χ4v) is 2.57. The van der Waals surface area contributed by atoms with Crippen molar-refractivity contribution >= 4 is 6.09 Å². The number of piperazine rings is 1. The van der Waals surface area contributed by atoms with Gasteiger partial charge in [-0.25, -0.2) is 4.79 Å². The molecule has 134 valence electrons. The summed E-state index contributed by atoms with van der Waals surface area (Å²) in [5.74, 6) is 0. The third-order valence-corrected chi connectivity index (χ3v) is 3.67. The molecule has 0 aliphatic carbocycles. The molecule has 1 atom stereocenters. The maximum atomic E-state index is 12.6. The Balaban J connectivity index is 1.94. The smallest absolute Gasteiger partial charge is 0.416 e. The fourth-order valence-electron chi connectivity index (χ4n) is 2.57. The average Bonchev–Trinajstić information content (AvgIpc) is 2.45. The van der Waals surface area contributed by atoms with E-state index in [0.717, 1.165) is 17.7 Å². The summed E-state index contributed by atoms with van der Waals surface area (Å²) in [7, 11) is 0. The molecule has 1 amide bonds. The van der Waals surface area contributed by atoms with Crippen molar-refractivity contribution in [1.29, 1.82) is 0 Å². The summed E-state index contributed by atoms with van der Waals surface area (Å²) in [5.41, 5.74) is -0.407. The Bertz CT molecular complexity index is 565. The third kappa shape index (κ3) is 5.40. The zero-order valence-electron chi connectivity index (χ0n) is 14.1.